The lowest BCUT2D eigenvalue weighted by Gasteiger charge is -2.30. The first kappa shape index (κ1) is 36.9. The Morgan fingerprint density at radius 1 is 0.959 bits per heavy atom. The summed E-state index contributed by atoms with van der Waals surface area (Å²) in [6.07, 6.45) is 0.455. The summed E-state index contributed by atoms with van der Waals surface area (Å²) in [4.78, 5) is 45.6. The van der Waals surface area contributed by atoms with Gasteiger partial charge in [-0.1, -0.05) is 91.0 Å². The number of aliphatic hydroxyl groups is 1. The molecular formula is C35H44N6O7S. The summed E-state index contributed by atoms with van der Waals surface area (Å²) in [7, 11) is 3.16. The Balaban J connectivity index is 1.47. The fourth-order valence-electron chi connectivity index (χ4n) is 5.18. The van der Waals surface area contributed by atoms with Gasteiger partial charge in [0, 0.05) is 24.5 Å². The van der Waals surface area contributed by atoms with Crippen molar-refractivity contribution >= 4 is 29.4 Å². The molecule has 0 saturated carbocycles. The van der Waals surface area contributed by atoms with Crippen molar-refractivity contribution in [3.05, 3.63) is 101 Å². The molecule has 0 spiro atoms. The average Bonchev–Trinajstić information content (AvgIpc) is 3.79. The van der Waals surface area contributed by atoms with Crippen molar-refractivity contribution in [2.75, 3.05) is 14.2 Å². The Morgan fingerprint density at radius 2 is 1.63 bits per heavy atom. The number of amides is 4. The van der Waals surface area contributed by atoms with E-state index in [9.17, 15) is 19.5 Å². The highest BCUT2D eigenvalue weighted by Gasteiger charge is 2.31. The summed E-state index contributed by atoms with van der Waals surface area (Å²) in [6.45, 7) is 3.81. The molecule has 4 atom stereocenters. The van der Waals surface area contributed by atoms with E-state index in [1.807, 2.05) is 79.9 Å². The Bertz CT molecular complexity index is 1590. The van der Waals surface area contributed by atoms with Crippen LogP contribution in [0.3, 0.4) is 0 Å². The van der Waals surface area contributed by atoms with Crippen molar-refractivity contribution in [2.45, 2.75) is 70.5 Å². The van der Waals surface area contributed by atoms with E-state index < -0.39 is 36.4 Å². The minimum Gasteiger partial charge on any atom is -0.473 e. The van der Waals surface area contributed by atoms with Gasteiger partial charge in [0.2, 0.25) is 5.91 Å². The van der Waals surface area contributed by atoms with E-state index in [4.69, 9.17) is 14.0 Å². The van der Waals surface area contributed by atoms with Crippen molar-refractivity contribution in [3.8, 4) is 5.19 Å². The fourth-order valence-corrected chi connectivity index (χ4v) is 5.81. The summed E-state index contributed by atoms with van der Waals surface area (Å²) in [5.41, 5.74) is 2.51. The summed E-state index contributed by atoms with van der Waals surface area (Å²) in [5, 5.41) is 26.3. The molecule has 262 valence electrons. The first-order chi connectivity index (χ1) is 23.6. The second-order valence-electron chi connectivity index (χ2n) is 12.0. The van der Waals surface area contributed by atoms with E-state index in [-0.39, 0.29) is 31.4 Å². The van der Waals surface area contributed by atoms with Crippen molar-refractivity contribution < 1.29 is 33.5 Å². The number of aliphatic hydroxyl groups excluding tert-OH is 1. The number of aromatic nitrogens is 2. The van der Waals surface area contributed by atoms with E-state index in [0.717, 1.165) is 11.1 Å². The van der Waals surface area contributed by atoms with E-state index in [0.29, 0.717) is 29.5 Å². The molecule has 0 fully saturated rings. The Morgan fingerprint density at radius 3 is 2.22 bits per heavy atom. The van der Waals surface area contributed by atoms with Gasteiger partial charge in [-0.25, -0.2) is 14.6 Å². The van der Waals surface area contributed by atoms with E-state index >= 15 is 0 Å². The predicted octanol–water partition coefficient (Wildman–Crippen LogP) is 4.32. The molecule has 0 unspecified atom stereocenters. The van der Waals surface area contributed by atoms with Gasteiger partial charge in [0.25, 0.3) is 5.19 Å². The number of carbonyl (C=O) groups excluding carboxylic acids is 3. The lowest BCUT2D eigenvalue weighted by atomic mass is 9.93. The van der Waals surface area contributed by atoms with Crippen LogP contribution in [0.5, 0.6) is 5.19 Å². The Labute approximate surface area is 290 Å². The average molecular weight is 693 g/mol. The van der Waals surface area contributed by atoms with Gasteiger partial charge in [0.05, 0.1) is 37.7 Å². The van der Waals surface area contributed by atoms with Crippen LogP contribution in [-0.4, -0.2) is 76.6 Å². The number of nitrogens with zero attached hydrogens (tertiary/aromatic N) is 3. The van der Waals surface area contributed by atoms with Crippen molar-refractivity contribution in [3.63, 3.8) is 0 Å². The number of hydrogen-bond donors (Lipinski definition) is 4. The molecule has 0 radical (unpaired) electrons. The summed E-state index contributed by atoms with van der Waals surface area (Å²) >= 11 is 1.33. The molecular weight excluding hydrogens is 648 g/mol. The second kappa shape index (κ2) is 18.6. The lowest BCUT2D eigenvalue weighted by Crippen LogP contribution is -2.55. The first-order valence-electron chi connectivity index (χ1n) is 16.0. The van der Waals surface area contributed by atoms with Crippen molar-refractivity contribution in [1.29, 1.82) is 0 Å². The Kier molecular flexibility index (Phi) is 14.0. The monoisotopic (exact) mass is 692 g/mol. The second-order valence-corrected chi connectivity index (χ2v) is 12.9. The fraction of sp³-hybridized carbons (Fsp3) is 0.400. The number of rotatable bonds is 17. The number of urea groups is 1. The standard InChI is InChI=1S/C35H44N6O7S/c1-23(2)31(40-33(44)41(3)20-27-22-49-35(38-27)46-4)32(43)37-26(17-24-11-7-5-8-12-24)19-30(42)29(18-25-13-9-6-10-14-25)39-34(45)47-21-28-15-16-36-48-28/h5-16,22-23,26,29-31,42H,17-21H2,1-4H3,(H,37,43)(H,39,45)(H,40,44)/t26-,29-,30-,31-/m0/s1. The van der Waals surface area contributed by atoms with Crippen LogP contribution >= 0.6 is 11.3 Å². The third-order valence-electron chi connectivity index (χ3n) is 7.78. The smallest absolute Gasteiger partial charge is 0.407 e. The largest absolute Gasteiger partial charge is 0.473 e. The van der Waals surface area contributed by atoms with Gasteiger partial charge < -0.3 is 40.0 Å². The summed E-state index contributed by atoms with van der Waals surface area (Å²) in [6, 6.07) is 18.0. The molecule has 0 bridgehead atoms. The molecule has 0 aliphatic heterocycles. The van der Waals surface area contributed by atoms with E-state index in [1.165, 1.54) is 29.5 Å². The van der Waals surface area contributed by atoms with Crippen LogP contribution in [0.1, 0.15) is 42.8 Å². The van der Waals surface area contributed by atoms with Gasteiger partial charge in [-0.3, -0.25) is 4.79 Å². The molecule has 2 aromatic heterocycles. The zero-order valence-corrected chi connectivity index (χ0v) is 28.9. The molecule has 14 heteroatoms. The van der Waals surface area contributed by atoms with Gasteiger partial charge in [0.15, 0.2) is 12.4 Å². The minimum absolute atomic E-state index is 0.102. The van der Waals surface area contributed by atoms with Crippen molar-refractivity contribution in [2.24, 2.45) is 5.92 Å². The zero-order chi connectivity index (χ0) is 35.2. The number of benzene rings is 2. The third kappa shape index (κ3) is 11.9. The Hall–Kier alpha value is -4.95. The summed E-state index contributed by atoms with van der Waals surface area (Å²) < 4.78 is 15.5. The topological polar surface area (TPSA) is 168 Å². The first-order valence-corrected chi connectivity index (χ1v) is 16.9. The molecule has 0 saturated heterocycles. The van der Waals surface area contributed by atoms with Crippen LogP contribution in [0.4, 0.5) is 9.59 Å². The third-order valence-corrected chi connectivity index (χ3v) is 8.63. The highest BCUT2D eigenvalue weighted by atomic mass is 32.1. The van der Waals surface area contributed by atoms with E-state index in [2.05, 4.69) is 26.1 Å². The molecule has 4 rings (SSSR count). The predicted molar refractivity (Wildman–Crippen MR) is 184 cm³/mol. The van der Waals surface area contributed by atoms with Gasteiger partial charge in [-0.2, -0.15) is 0 Å². The maximum Gasteiger partial charge on any atom is 0.407 e. The molecule has 4 N–H and O–H groups in total. The number of hydrogen-bond acceptors (Lipinski definition) is 10. The van der Waals surface area contributed by atoms with Crippen LogP contribution in [-0.2, 0) is 35.5 Å². The lowest BCUT2D eigenvalue weighted by molar-refractivity contribution is -0.124. The van der Waals surface area contributed by atoms with E-state index in [1.54, 1.807) is 13.1 Å². The number of thiazole rings is 1. The number of ether oxygens (including phenoxy) is 2. The molecule has 2 heterocycles. The molecule has 2 aromatic carbocycles. The van der Waals surface area contributed by atoms with Gasteiger partial charge in [-0.15, -0.1) is 0 Å². The van der Waals surface area contributed by atoms with Crippen molar-refractivity contribution in [1.82, 2.24) is 31.0 Å². The van der Waals surface area contributed by atoms with Crippen LogP contribution in [0.2, 0.25) is 0 Å². The molecule has 13 nitrogen and oxygen atoms in total. The zero-order valence-electron chi connectivity index (χ0n) is 28.1. The quantitative estimate of drug-likeness (QED) is 0.126. The van der Waals surface area contributed by atoms with Crippen LogP contribution < -0.4 is 20.7 Å². The highest BCUT2D eigenvalue weighted by molar-refractivity contribution is 7.11. The number of nitrogens with one attached hydrogen (secondary N) is 3. The number of methoxy groups -OCH3 is 1. The van der Waals surface area contributed by atoms with Crippen LogP contribution in [0.25, 0.3) is 0 Å². The van der Waals surface area contributed by atoms with Gasteiger partial charge in [-0.05, 0) is 36.3 Å². The highest BCUT2D eigenvalue weighted by Crippen LogP contribution is 2.19. The molecule has 4 aromatic rings. The summed E-state index contributed by atoms with van der Waals surface area (Å²) in [5.74, 6) is -0.257. The molecule has 0 aliphatic rings. The van der Waals surface area contributed by atoms with Crippen LogP contribution in [0.15, 0.2) is 82.8 Å². The minimum atomic E-state index is -1.08. The SMILES string of the molecule is COc1nc(CN(C)C(=O)N[C@H](C(=O)N[C@@H](Cc2ccccc2)C[C@H](O)[C@H](Cc2ccccc2)NC(=O)OCc2ccno2)C(C)C)cs1. The maximum absolute atomic E-state index is 13.8. The van der Waals surface area contributed by atoms with Gasteiger partial charge in [0.1, 0.15) is 6.04 Å². The molecule has 0 aliphatic carbocycles. The molecule has 4 amide bonds. The van der Waals surface area contributed by atoms with Gasteiger partial charge >= 0.3 is 12.1 Å². The number of carbonyl (C=O) groups is 3. The number of alkyl carbamates (subject to hydrolysis) is 1. The molecule has 49 heavy (non-hydrogen) atoms. The maximum atomic E-state index is 13.8. The normalized spacial score (nSPS) is 13.5. The van der Waals surface area contributed by atoms with Crippen LogP contribution in [0, 0.1) is 5.92 Å².